The van der Waals surface area contributed by atoms with Gasteiger partial charge in [-0.1, -0.05) is 24.3 Å². The van der Waals surface area contributed by atoms with Gasteiger partial charge >= 0.3 is 12.1 Å². The number of carbonyl (C=O) groups excluding carboxylic acids is 1. The molecule has 8 nitrogen and oxygen atoms in total. The van der Waals surface area contributed by atoms with Crippen LogP contribution in [0.1, 0.15) is 10.6 Å². The molecule has 0 unspecified atom stereocenters. The van der Waals surface area contributed by atoms with Gasteiger partial charge in [0.25, 0.3) is 0 Å². The molecule has 174 valence electrons. The molecule has 4 aromatic rings. The van der Waals surface area contributed by atoms with Crippen LogP contribution < -0.4 is 14.2 Å². The summed E-state index contributed by atoms with van der Waals surface area (Å²) in [5, 5.41) is 10.1. The van der Waals surface area contributed by atoms with Gasteiger partial charge in [0.1, 0.15) is 35.4 Å². The van der Waals surface area contributed by atoms with E-state index >= 15 is 0 Å². The van der Waals surface area contributed by atoms with Crippen molar-refractivity contribution in [2.45, 2.75) is 13.2 Å². The minimum Gasteiger partial charge on any atom is -0.497 e. The predicted molar refractivity (Wildman–Crippen MR) is 127 cm³/mol. The maximum atomic E-state index is 12.6. The molecule has 1 N–H and O–H groups in total. The molecular weight excluding hydrogens is 456 g/mol. The van der Waals surface area contributed by atoms with Gasteiger partial charge in [0.05, 0.1) is 17.3 Å². The number of aliphatic carboxylic acids is 1. The SMILES string of the molecule is COc1ccc(OC(=O)N(CC(=O)O)Cc2ccc(OCc3nc4ccccc4s3)cc2)cc1. The maximum absolute atomic E-state index is 12.6. The first-order valence-electron chi connectivity index (χ1n) is 10.4. The van der Waals surface area contributed by atoms with Crippen LogP contribution in [0.2, 0.25) is 0 Å². The lowest BCUT2D eigenvalue weighted by Gasteiger charge is -2.20. The Balaban J connectivity index is 1.37. The first-order chi connectivity index (χ1) is 16.5. The number of ether oxygens (including phenoxy) is 3. The summed E-state index contributed by atoms with van der Waals surface area (Å²) in [6, 6.07) is 21.5. The second-order valence-electron chi connectivity index (χ2n) is 7.30. The number of amides is 1. The van der Waals surface area contributed by atoms with Gasteiger partial charge in [-0.05, 0) is 54.1 Å². The number of carboxylic acid groups (broad SMARTS) is 1. The van der Waals surface area contributed by atoms with Crippen LogP contribution in [-0.2, 0) is 17.9 Å². The largest absolute Gasteiger partial charge is 0.497 e. The number of hydrogen-bond acceptors (Lipinski definition) is 7. The highest BCUT2D eigenvalue weighted by atomic mass is 32.1. The summed E-state index contributed by atoms with van der Waals surface area (Å²) in [7, 11) is 1.53. The summed E-state index contributed by atoms with van der Waals surface area (Å²) in [5.74, 6) is 0.420. The van der Waals surface area contributed by atoms with E-state index in [4.69, 9.17) is 14.2 Å². The molecule has 0 atom stereocenters. The highest BCUT2D eigenvalue weighted by Crippen LogP contribution is 2.23. The second kappa shape index (κ2) is 10.7. The number of thiazole rings is 1. The molecule has 1 heterocycles. The fourth-order valence-electron chi connectivity index (χ4n) is 3.20. The highest BCUT2D eigenvalue weighted by Gasteiger charge is 2.19. The van der Waals surface area contributed by atoms with E-state index in [1.165, 1.54) is 7.11 Å². The topological polar surface area (TPSA) is 98.2 Å². The average Bonchev–Trinajstić information content (AvgIpc) is 3.26. The number of para-hydroxylation sites is 1. The Morgan fingerprint density at radius 3 is 2.29 bits per heavy atom. The van der Waals surface area contributed by atoms with Crippen LogP contribution in [0.15, 0.2) is 72.8 Å². The molecule has 0 saturated carbocycles. The van der Waals surface area contributed by atoms with Crippen molar-refractivity contribution in [1.82, 2.24) is 9.88 Å². The number of rotatable bonds is 9. The Hall–Kier alpha value is -4.11. The van der Waals surface area contributed by atoms with Gasteiger partial charge in [-0.25, -0.2) is 9.78 Å². The summed E-state index contributed by atoms with van der Waals surface area (Å²) in [5.41, 5.74) is 1.68. The minimum absolute atomic E-state index is 0.0689. The number of methoxy groups -OCH3 is 1. The molecule has 0 bridgehead atoms. The van der Waals surface area contributed by atoms with Gasteiger partial charge in [0.15, 0.2) is 0 Å². The molecule has 0 aliphatic carbocycles. The van der Waals surface area contributed by atoms with Gasteiger partial charge < -0.3 is 19.3 Å². The van der Waals surface area contributed by atoms with Gasteiger partial charge in [0.2, 0.25) is 0 Å². The van der Waals surface area contributed by atoms with Crippen molar-refractivity contribution in [2.24, 2.45) is 0 Å². The third kappa shape index (κ3) is 6.02. The fourth-order valence-corrected chi connectivity index (χ4v) is 4.08. The molecule has 1 aromatic heterocycles. The normalized spacial score (nSPS) is 10.6. The van der Waals surface area contributed by atoms with Gasteiger partial charge in [-0.2, -0.15) is 0 Å². The summed E-state index contributed by atoms with van der Waals surface area (Å²) < 4.78 is 17.3. The van der Waals surface area contributed by atoms with E-state index < -0.39 is 18.6 Å². The average molecular weight is 479 g/mol. The van der Waals surface area contributed by atoms with E-state index in [2.05, 4.69) is 4.98 Å². The summed E-state index contributed by atoms with van der Waals surface area (Å²) in [6.07, 6.45) is -0.760. The van der Waals surface area contributed by atoms with E-state index in [1.807, 2.05) is 24.3 Å². The predicted octanol–water partition coefficient (Wildman–Crippen LogP) is 4.97. The lowest BCUT2D eigenvalue weighted by Crippen LogP contribution is -2.37. The van der Waals surface area contributed by atoms with Crippen LogP contribution in [-0.4, -0.2) is 40.7 Å². The number of carbonyl (C=O) groups is 2. The van der Waals surface area contributed by atoms with E-state index in [1.54, 1.807) is 59.9 Å². The second-order valence-corrected chi connectivity index (χ2v) is 8.42. The number of benzene rings is 3. The smallest absolute Gasteiger partial charge is 0.416 e. The zero-order valence-electron chi connectivity index (χ0n) is 18.3. The maximum Gasteiger partial charge on any atom is 0.416 e. The molecule has 4 rings (SSSR count). The lowest BCUT2D eigenvalue weighted by molar-refractivity contribution is -0.138. The van der Waals surface area contributed by atoms with E-state index in [0.29, 0.717) is 23.9 Å². The van der Waals surface area contributed by atoms with Crippen molar-refractivity contribution < 1.29 is 28.9 Å². The van der Waals surface area contributed by atoms with Crippen LogP contribution in [0, 0.1) is 0 Å². The third-order valence-electron chi connectivity index (χ3n) is 4.85. The Bertz CT molecular complexity index is 1240. The first-order valence-corrected chi connectivity index (χ1v) is 11.2. The Morgan fingerprint density at radius 2 is 1.62 bits per heavy atom. The molecule has 0 radical (unpaired) electrons. The van der Waals surface area contributed by atoms with E-state index in [0.717, 1.165) is 25.7 Å². The summed E-state index contributed by atoms with van der Waals surface area (Å²) in [4.78, 5) is 29.5. The zero-order valence-corrected chi connectivity index (χ0v) is 19.2. The monoisotopic (exact) mass is 478 g/mol. The quantitative estimate of drug-likeness (QED) is 0.363. The van der Waals surface area contributed by atoms with Crippen LogP contribution >= 0.6 is 11.3 Å². The van der Waals surface area contributed by atoms with E-state index in [9.17, 15) is 14.7 Å². The van der Waals surface area contributed by atoms with Crippen molar-refractivity contribution in [3.63, 3.8) is 0 Å². The number of fused-ring (bicyclic) bond motifs is 1. The molecule has 0 saturated heterocycles. The van der Waals surface area contributed by atoms with Crippen LogP contribution in [0.4, 0.5) is 4.79 Å². The van der Waals surface area contributed by atoms with Gasteiger partial charge in [0, 0.05) is 6.54 Å². The van der Waals surface area contributed by atoms with Gasteiger partial charge in [-0.15, -0.1) is 11.3 Å². The third-order valence-corrected chi connectivity index (χ3v) is 5.86. The summed E-state index contributed by atoms with van der Waals surface area (Å²) >= 11 is 1.58. The molecular formula is C25H22N2O6S. The van der Waals surface area contributed by atoms with Crippen molar-refractivity contribution in [3.05, 3.63) is 83.4 Å². The molecule has 3 aromatic carbocycles. The molecule has 0 aliphatic rings. The number of nitrogens with zero attached hydrogens (tertiary/aromatic N) is 2. The standard InChI is InChI=1S/C25H22N2O6S/c1-31-18-10-12-20(13-11-18)33-25(30)27(15-24(28)29)14-17-6-8-19(9-7-17)32-16-23-26-21-4-2-3-5-22(21)34-23/h2-13H,14-16H2,1H3,(H,28,29). The number of carboxylic acids is 1. The van der Waals surface area contributed by atoms with Crippen LogP contribution in [0.3, 0.4) is 0 Å². The summed E-state index contributed by atoms with van der Waals surface area (Å²) in [6.45, 7) is -0.0810. The molecule has 9 heteroatoms. The molecule has 34 heavy (non-hydrogen) atoms. The molecule has 1 amide bonds. The Kier molecular flexibility index (Phi) is 7.24. The van der Waals surface area contributed by atoms with Gasteiger partial charge in [-0.3, -0.25) is 9.69 Å². The van der Waals surface area contributed by atoms with Crippen LogP contribution in [0.5, 0.6) is 17.2 Å². The van der Waals surface area contributed by atoms with Crippen molar-refractivity contribution in [2.75, 3.05) is 13.7 Å². The molecule has 0 spiro atoms. The zero-order chi connectivity index (χ0) is 23.9. The number of aromatic nitrogens is 1. The highest BCUT2D eigenvalue weighted by molar-refractivity contribution is 7.18. The fraction of sp³-hybridized carbons (Fsp3) is 0.160. The minimum atomic E-state index is -1.14. The van der Waals surface area contributed by atoms with Crippen molar-refractivity contribution >= 4 is 33.6 Å². The molecule has 0 fully saturated rings. The van der Waals surface area contributed by atoms with Crippen molar-refractivity contribution in [3.8, 4) is 17.2 Å². The van der Waals surface area contributed by atoms with E-state index in [-0.39, 0.29) is 6.54 Å². The number of hydrogen-bond donors (Lipinski definition) is 1. The van der Waals surface area contributed by atoms with Crippen LogP contribution in [0.25, 0.3) is 10.2 Å². The molecule has 0 aliphatic heterocycles. The Morgan fingerprint density at radius 1 is 0.941 bits per heavy atom. The lowest BCUT2D eigenvalue weighted by atomic mass is 10.2. The van der Waals surface area contributed by atoms with Crippen molar-refractivity contribution in [1.29, 1.82) is 0 Å². The Labute approximate surface area is 199 Å². The first kappa shape index (κ1) is 23.1.